The molecule has 4 rings (SSSR count). The summed E-state index contributed by atoms with van der Waals surface area (Å²) in [5.74, 6) is 0. The first kappa shape index (κ1) is 14.3. The predicted molar refractivity (Wildman–Crippen MR) is 96.2 cm³/mol. The standard InChI is InChI=1S/C20H16N3O/c24-20-22-18-12-15(11-14-7-3-1-4-8-14)17(13-19(18)23-20)21-16-9-5-2-6-10-16/h1-10,12-13,21H,11H2,(H,22,24). The lowest BCUT2D eigenvalue weighted by atomic mass is 10.0. The van der Waals surface area contributed by atoms with Gasteiger partial charge in [0.1, 0.15) is 0 Å². The highest BCUT2D eigenvalue weighted by molar-refractivity contribution is 6.03. The monoisotopic (exact) mass is 314 g/mol. The van der Waals surface area contributed by atoms with Gasteiger partial charge in [-0.1, -0.05) is 48.5 Å². The first-order chi connectivity index (χ1) is 11.8. The van der Waals surface area contributed by atoms with Gasteiger partial charge in [0.05, 0.1) is 11.4 Å². The highest BCUT2D eigenvalue weighted by atomic mass is 16.2. The fourth-order valence-electron chi connectivity index (χ4n) is 2.83. The maximum absolute atomic E-state index is 11.5. The van der Waals surface area contributed by atoms with E-state index >= 15 is 0 Å². The van der Waals surface area contributed by atoms with Crippen LogP contribution < -0.4 is 16.0 Å². The van der Waals surface area contributed by atoms with Crippen LogP contribution in [0, 0.1) is 0 Å². The molecule has 0 fully saturated rings. The fraction of sp³-hybridized carbons (Fsp3) is 0.0500. The van der Waals surface area contributed by atoms with Crippen molar-refractivity contribution in [2.24, 2.45) is 0 Å². The van der Waals surface area contributed by atoms with E-state index < -0.39 is 0 Å². The van der Waals surface area contributed by atoms with Crippen LogP contribution in [-0.2, 0) is 6.42 Å². The molecular formula is C20H16N3O. The molecule has 0 saturated carbocycles. The number of hydrogen-bond acceptors (Lipinski definition) is 2. The minimum atomic E-state index is -0.312. The molecule has 0 aliphatic carbocycles. The summed E-state index contributed by atoms with van der Waals surface area (Å²) in [6, 6.07) is 23.9. The third kappa shape index (κ3) is 2.94. The zero-order valence-electron chi connectivity index (χ0n) is 13.0. The molecule has 117 valence electrons. The first-order valence-corrected chi connectivity index (χ1v) is 7.83. The number of benzene rings is 3. The minimum Gasteiger partial charge on any atom is -0.355 e. The molecule has 0 aromatic heterocycles. The minimum absolute atomic E-state index is 0.312. The van der Waals surface area contributed by atoms with E-state index in [0.29, 0.717) is 5.69 Å². The molecule has 1 radical (unpaired) electrons. The number of fused-ring (bicyclic) bond motifs is 1. The lowest BCUT2D eigenvalue weighted by molar-refractivity contribution is 0.256. The second kappa shape index (κ2) is 6.08. The van der Waals surface area contributed by atoms with Gasteiger partial charge in [0.2, 0.25) is 0 Å². The Hall–Kier alpha value is -3.27. The van der Waals surface area contributed by atoms with Crippen molar-refractivity contribution in [2.75, 3.05) is 10.6 Å². The Bertz CT molecular complexity index is 804. The van der Waals surface area contributed by atoms with Crippen LogP contribution in [0.15, 0.2) is 72.8 Å². The van der Waals surface area contributed by atoms with Crippen LogP contribution in [-0.4, -0.2) is 6.03 Å². The number of urea groups is 1. The molecule has 1 aliphatic rings. The largest absolute Gasteiger partial charge is 0.355 e. The zero-order chi connectivity index (χ0) is 16.4. The number of nitrogens with zero attached hydrogens (tertiary/aromatic N) is 1. The van der Waals surface area contributed by atoms with Crippen LogP contribution in [0.3, 0.4) is 0 Å². The molecule has 2 N–H and O–H groups in total. The van der Waals surface area contributed by atoms with Crippen LogP contribution in [0.2, 0.25) is 0 Å². The summed E-state index contributed by atoms with van der Waals surface area (Å²) in [6.07, 6.45) is 0.777. The average molecular weight is 314 g/mol. The Morgan fingerprint density at radius 2 is 1.62 bits per heavy atom. The molecule has 0 spiro atoms. The van der Waals surface area contributed by atoms with Gasteiger partial charge < -0.3 is 10.6 Å². The van der Waals surface area contributed by atoms with Crippen molar-refractivity contribution < 1.29 is 4.79 Å². The molecule has 3 aromatic carbocycles. The van der Waals surface area contributed by atoms with E-state index in [1.807, 2.05) is 60.7 Å². The number of para-hydroxylation sites is 1. The number of amides is 2. The summed E-state index contributed by atoms with van der Waals surface area (Å²) in [5, 5.41) is 10.2. The fourth-order valence-corrected chi connectivity index (χ4v) is 2.83. The zero-order valence-corrected chi connectivity index (χ0v) is 13.0. The molecule has 0 bridgehead atoms. The van der Waals surface area contributed by atoms with Crippen LogP contribution in [0.4, 0.5) is 27.5 Å². The number of rotatable bonds is 4. The topological polar surface area (TPSA) is 55.2 Å². The van der Waals surface area contributed by atoms with Gasteiger partial charge in [0.25, 0.3) is 0 Å². The highest BCUT2D eigenvalue weighted by Crippen LogP contribution is 2.35. The van der Waals surface area contributed by atoms with Crippen molar-refractivity contribution in [3.8, 4) is 0 Å². The number of anilines is 3. The third-order valence-electron chi connectivity index (χ3n) is 3.98. The lowest BCUT2D eigenvalue weighted by Crippen LogP contribution is -2.08. The quantitative estimate of drug-likeness (QED) is 0.726. The second-order valence-electron chi connectivity index (χ2n) is 5.72. The molecule has 4 heteroatoms. The number of hydrogen-bond donors (Lipinski definition) is 2. The SMILES string of the molecule is O=C1[N]c2cc(Nc3ccccc3)c(Cc3ccccc3)cc2N1. The van der Waals surface area contributed by atoms with E-state index in [2.05, 4.69) is 28.1 Å². The molecule has 2 amide bonds. The van der Waals surface area contributed by atoms with Crippen LogP contribution >= 0.6 is 0 Å². The average Bonchev–Trinajstić information content (AvgIpc) is 2.96. The van der Waals surface area contributed by atoms with Gasteiger partial charge in [-0.05, 0) is 41.8 Å². The van der Waals surface area contributed by atoms with Crippen molar-refractivity contribution in [3.63, 3.8) is 0 Å². The molecule has 1 aliphatic heterocycles. The van der Waals surface area contributed by atoms with E-state index in [1.165, 1.54) is 5.56 Å². The van der Waals surface area contributed by atoms with Crippen molar-refractivity contribution >= 4 is 28.8 Å². The van der Waals surface area contributed by atoms with Crippen molar-refractivity contribution in [2.45, 2.75) is 6.42 Å². The normalized spacial score (nSPS) is 12.2. The maximum Gasteiger partial charge on any atom is 0.346 e. The summed E-state index contributed by atoms with van der Waals surface area (Å²) >= 11 is 0. The van der Waals surface area contributed by atoms with Gasteiger partial charge in [-0.3, -0.25) is 0 Å². The molecule has 0 saturated heterocycles. The van der Waals surface area contributed by atoms with E-state index in [-0.39, 0.29) is 6.03 Å². The molecule has 24 heavy (non-hydrogen) atoms. The van der Waals surface area contributed by atoms with Gasteiger partial charge in [-0.2, -0.15) is 5.32 Å². The van der Waals surface area contributed by atoms with Gasteiger partial charge in [0.15, 0.2) is 0 Å². The molecule has 4 nitrogen and oxygen atoms in total. The predicted octanol–water partition coefficient (Wildman–Crippen LogP) is 4.80. The summed E-state index contributed by atoms with van der Waals surface area (Å²) in [7, 11) is 0. The number of nitrogens with one attached hydrogen (secondary N) is 2. The van der Waals surface area contributed by atoms with E-state index in [4.69, 9.17) is 0 Å². The van der Waals surface area contributed by atoms with Crippen LogP contribution in [0.1, 0.15) is 11.1 Å². The van der Waals surface area contributed by atoms with Crippen molar-refractivity contribution in [3.05, 3.63) is 83.9 Å². The third-order valence-corrected chi connectivity index (χ3v) is 3.98. The Morgan fingerprint density at radius 3 is 2.38 bits per heavy atom. The maximum atomic E-state index is 11.5. The number of carbonyl (C=O) groups is 1. The van der Waals surface area contributed by atoms with E-state index in [1.54, 1.807) is 0 Å². The van der Waals surface area contributed by atoms with Crippen LogP contribution in [0.25, 0.3) is 0 Å². The lowest BCUT2D eigenvalue weighted by Gasteiger charge is -2.14. The Labute approximate surface area is 140 Å². The van der Waals surface area contributed by atoms with Gasteiger partial charge in [0, 0.05) is 11.4 Å². The molecule has 3 aromatic rings. The van der Waals surface area contributed by atoms with E-state index in [9.17, 15) is 4.79 Å². The van der Waals surface area contributed by atoms with Crippen molar-refractivity contribution in [1.82, 2.24) is 5.32 Å². The Morgan fingerprint density at radius 1 is 0.917 bits per heavy atom. The number of carbonyl (C=O) groups excluding carboxylic acids is 1. The summed E-state index contributed by atoms with van der Waals surface area (Å²) in [5.41, 5.74) is 5.74. The van der Waals surface area contributed by atoms with Gasteiger partial charge in [-0.15, -0.1) is 0 Å². The molecular weight excluding hydrogens is 298 g/mol. The molecule has 0 atom stereocenters. The summed E-state index contributed by atoms with van der Waals surface area (Å²) in [4.78, 5) is 11.5. The van der Waals surface area contributed by atoms with E-state index in [0.717, 1.165) is 29.0 Å². The smallest absolute Gasteiger partial charge is 0.346 e. The van der Waals surface area contributed by atoms with Gasteiger partial charge in [-0.25, -0.2) is 4.79 Å². The van der Waals surface area contributed by atoms with Gasteiger partial charge >= 0.3 is 6.03 Å². The Kier molecular flexibility index (Phi) is 3.63. The van der Waals surface area contributed by atoms with Crippen LogP contribution in [0.5, 0.6) is 0 Å². The Balaban J connectivity index is 1.72. The van der Waals surface area contributed by atoms with Crippen molar-refractivity contribution in [1.29, 1.82) is 0 Å². The second-order valence-corrected chi connectivity index (χ2v) is 5.72. The summed E-state index contributed by atoms with van der Waals surface area (Å²) < 4.78 is 0. The molecule has 1 heterocycles. The first-order valence-electron chi connectivity index (χ1n) is 7.83. The summed E-state index contributed by atoms with van der Waals surface area (Å²) in [6.45, 7) is 0. The highest BCUT2D eigenvalue weighted by Gasteiger charge is 2.21. The molecule has 0 unspecified atom stereocenters.